The van der Waals surface area contributed by atoms with Gasteiger partial charge in [-0.2, -0.15) is 0 Å². The SMILES string of the molecule is CCCOc1cc(N)ccc1NC(=O)c1ccc(N)cc1. The summed E-state index contributed by atoms with van der Waals surface area (Å²) in [7, 11) is 0. The molecule has 1 amide bonds. The molecule has 5 N–H and O–H groups in total. The Morgan fingerprint density at radius 3 is 2.43 bits per heavy atom. The lowest BCUT2D eigenvalue weighted by molar-refractivity contribution is 0.102. The fourth-order valence-electron chi connectivity index (χ4n) is 1.80. The van der Waals surface area contributed by atoms with Crippen LogP contribution in [0.5, 0.6) is 5.75 Å². The summed E-state index contributed by atoms with van der Waals surface area (Å²) < 4.78 is 5.61. The molecular weight excluding hydrogens is 266 g/mol. The van der Waals surface area contributed by atoms with E-state index in [1.807, 2.05) is 6.92 Å². The Hall–Kier alpha value is -2.69. The zero-order valence-corrected chi connectivity index (χ0v) is 11.9. The van der Waals surface area contributed by atoms with Crippen molar-refractivity contribution in [1.29, 1.82) is 0 Å². The number of benzene rings is 2. The molecule has 0 saturated heterocycles. The zero-order chi connectivity index (χ0) is 15.2. The van der Waals surface area contributed by atoms with E-state index in [9.17, 15) is 4.79 Å². The Kier molecular flexibility index (Phi) is 4.66. The molecule has 0 radical (unpaired) electrons. The van der Waals surface area contributed by atoms with Crippen molar-refractivity contribution < 1.29 is 9.53 Å². The molecule has 5 heteroatoms. The summed E-state index contributed by atoms with van der Waals surface area (Å²) in [6.45, 7) is 2.58. The summed E-state index contributed by atoms with van der Waals surface area (Å²) in [5, 5.41) is 2.82. The number of anilines is 3. The van der Waals surface area contributed by atoms with Gasteiger partial charge in [0.25, 0.3) is 5.91 Å². The summed E-state index contributed by atoms with van der Waals surface area (Å²) in [6, 6.07) is 11.9. The van der Waals surface area contributed by atoms with Crippen LogP contribution in [0.2, 0.25) is 0 Å². The molecule has 0 saturated carbocycles. The van der Waals surface area contributed by atoms with Gasteiger partial charge in [0, 0.05) is 23.0 Å². The lowest BCUT2D eigenvalue weighted by Gasteiger charge is -2.13. The van der Waals surface area contributed by atoms with Crippen molar-refractivity contribution in [2.45, 2.75) is 13.3 Å². The molecule has 0 spiro atoms. The van der Waals surface area contributed by atoms with Gasteiger partial charge in [0.15, 0.2) is 0 Å². The van der Waals surface area contributed by atoms with Crippen LogP contribution in [0, 0.1) is 0 Å². The van der Waals surface area contributed by atoms with E-state index in [1.165, 1.54) is 0 Å². The highest BCUT2D eigenvalue weighted by Gasteiger charge is 2.10. The maximum atomic E-state index is 12.2. The lowest BCUT2D eigenvalue weighted by atomic mass is 10.2. The zero-order valence-electron chi connectivity index (χ0n) is 11.9. The minimum Gasteiger partial charge on any atom is -0.491 e. The Balaban J connectivity index is 2.18. The van der Waals surface area contributed by atoms with Gasteiger partial charge in [-0.3, -0.25) is 4.79 Å². The van der Waals surface area contributed by atoms with E-state index in [4.69, 9.17) is 16.2 Å². The van der Waals surface area contributed by atoms with Crippen molar-refractivity contribution in [2.24, 2.45) is 0 Å². The molecule has 21 heavy (non-hydrogen) atoms. The minimum atomic E-state index is -0.221. The summed E-state index contributed by atoms with van der Waals surface area (Å²) in [5.74, 6) is 0.349. The number of nitrogens with one attached hydrogen (secondary N) is 1. The normalized spacial score (nSPS) is 10.1. The first-order chi connectivity index (χ1) is 10.1. The second-order valence-electron chi connectivity index (χ2n) is 4.68. The number of carbonyl (C=O) groups excluding carboxylic acids is 1. The highest BCUT2D eigenvalue weighted by Crippen LogP contribution is 2.27. The van der Waals surface area contributed by atoms with Gasteiger partial charge >= 0.3 is 0 Å². The maximum absolute atomic E-state index is 12.2. The van der Waals surface area contributed by atoms with Crippen LogP contribution in [-0.2, 0) is 0 Å². The molecule has 5 nitrogen and oxygen atoms in total. The summed E-state index contributed by atoms with van der Waals surface area (Å²) in [6.07, 6.45) is 0.875. The van der Waals surface area contributed by atoms with Crippen molar-refractivity contribution in [3.05, 3.63) is 48.0 Å². The predicted octanol–water partition coefficient (Wildman–Crippen LogP) is 2.89. The van der Waals surface area contributed by atoms with Crippen molar-refractivity contribution >= 4 is 23.0 Å². The monoisotopic (exact) mass is 285 g/mol. The van der Waals surface area contributed by atoms with Crippen molar-refractivity contribution in [2.75, 3.05) is 23.4 Å². The van der Waals surface area contributed by atoms with E-state index in [0.29, 0.717) is 35.0 Å². The molecule has 2 rings (SSSR count). The largest absolute Gasteiger partial charge is 0.491 e. The first-order valence-corrected chi connectivity index (χ1v) is 6.79. The predicted molar refractivity (Wildman–Crippen MR) is 85.4 cm³/mol. The highest BCUT2D eigenvalue weighted by molar-refractivity contribution is 6.05. The van der Waals surface area contributed by atoms with Crippen molar-refractivity contribution in [1.82, 2.24) is 0 Å². The van der Waals surface area contributed by atoms with Crippen LogP contribution in [0.3, 0.4) is 0 Å². The number of carbonyl (C=O) groups is 1. The topological polar surface area (TPSA) is 90.4 Å². The number of rotatable bonds is 5. The van der Waals surface area contributed by atoms with Crippen LogP contribution in [0.4, 0.5) is 17.1 Å². The summed E-state index contributed by atoms with van der Waals surface area (Å²) in [5.41, 5.74) is 13.7. The second-order valence-corrected chi connectivity index (χ2v) is 4.68. The molecule has 0 heterocycles. The number of nitrogens with two attached hydrogens (primary N) is 2. The quantitative estimate of drug-likeness (QED) is 0.737. The number of nitrogen functional groups attached to an aromatic ring is 2. The molecule has 110 valence electrons. The number of hydrogen-bond acceptors (Lipinski definition) is 4. The number of ether oxygens (including phenoxy) is 1. The second kappa shape index (κ2) is 6.65. The molecule has 0 aliphatic heterocycles. The average Bonchev–Trinajstić information content (AvgIpc) is 2.48. The first-order valence-electron chi connectivity index (χ1n) is 6.79. The molecule has 0 unspecified atom stereocenters. The van der Waals surface area contributed by atoms with Gasteiger partial charge in [-0.25, -0.2) is 0 Å². The molecule has 0 aliphatic rings. The molecular formula is C16H19N3O2. The smallest absolute Gasteiger partial charge is 0.255 e. The van der Waals surface area contributed by atoms with Crippen LogP contribution in [0.1, 0.15) is 23.7 Å². The Morgan fingerprint density at radius 1 is 1.10 bits per heavy atom. The molecule has 2 aromatic rings. The van der Waals surface area contributed by atoms with Gasteiger partial charge in [-0.05, 0) is 42.8 Å². The van der Waals surface area contributed by atoms with E-state index in [1.54, 1.807) is 42.5 Å². The van der Waals surface area contributed by atoms with Crippen LogP contribution >= 0.6 is 0 Å². The minimum absolute atomic E-state index is 0.221. The third kappa shape index (κ3) is 3.89. The summed E-state index contributed by atoms with van der Waals surface area (Å²) in [4.78, 5) is 12.2. The van der Waals surface area contributed by atoms with E-state index < -0.39 is 0 Å². The van der Waals surface area contributed by atoms with E-state index in [0.717, 1.165) is 6.42 Å². The maximum Gasteiger partial charge on any atom is 0.255 e. The Morgan fingerprint density at radius 2 is 1.76 bits per heavy atom. The Bertz CT molecular complexity index is 624. The molecule has 2 aromatic carbocycles. The van der Waals surface area contributed by atoms with Gasteiger partial charge in [-0.1, -0.05) is 6.92 Å². The lowest BCUT2D eigenvalue weighted by Crippen LogP contribution is -2.13. The molecule has 0 atom stereocenters. The van der Waals surface area contributed by atoms with Crippen LogP contribution in [0.25, 0.3) is 0 Å². The number of hydrogen-bond donors (Lipinski definition) is 3. The van der Waals surface area contributed by atoms with Crippen molar-refractivity contribution in [3.8, 4) is 5.75 Å². The van der Waals surface area contributed by atoms with E-state index in [-0.39, 0.29) is 5.91 Å². The van der Waals surface area contributed by atoms with E-state index >= 15 is 0 Å². The van der Waals surface area contributed by atoms with Crippen molar-refractivity contribution in [3.63, 3.8) is 0 Å². The first kappa shape index (κ1) is 14.7. The third-order valence-electron chi connectivity index (χ3n) is 2.89. The Labute approximate surface area is 123 Å². The van der Waals surface area contributed by atoms with Gasteiger partial charge in [-0.15, -0.1) is 0 Å². The third-order valence-corrected chi connectivity index (χ3v) is 2.89. The molecule has 0 bridgehead atoms. The van der Waals surface area contributed by atoms with Gasteiger partial charge < -0.3 is 21.5 Å². The summed E-state index contributed by atoms with van der Waals surface area (Å²) >= 11 is 0. The van der Waals surface area contributed by atoms with Crippen LogP contribution in [-0.4, -0.2) is 12.5 Å². The fourth-order valence-corrected chi connectivity index (χ4v) is 1.80. The fraction of sp³-hybridized carbons (Fsp3) is 0.188. The van der Waals surface area contributed by atoms with Crippen LogP contribution in [0.15, 0.2) is 42.5 Å². The molecule has 0 aliphatic carbocycles. The van der Waals surface area contributed by atoms with Gasteiger partial charge in [0.1, 0.15) is 5.75 Å². The molecule has 0 aromatic heterocycles. The molecule has 0 fully saturated rings. The average molecular weight is 285 g/mol. The van der Waals surface area contributed by atoms with E-state index in [2.05, 4.69) is 5.32 Å². The van der Waals surface area contributed by atoms with Crippen LogP contribution < -0.4 is 21.5 Å². The van der Waals surface area contributed by atoms with Gasteiger partial charge in [0.05, 0.1) is 12.3 Å². The van der Waals surface area contributed by atoms with Gasteiger partial charge in [0.2, 0.25) is 0 Å². The number of amides is 1. The standard InChI is InChI=1S/C16H19N3O2/c1-2-9-21-15-10-13(18)7-8-14(15)19-16(20)11-3-5-12(17)6-4-11/h3-8,10H,2,9,17-18H2,1H3,(H,19,20). The highest BCUT2D eigenvalue weighted by atomic mass is 16.5.